The van der Waals surface area contributed by atoms with Crippen LogP contribution in [-0.2, 0) is 6.54 Å². The van der Waals surface area contributed by atoms with Gasteiger partial charge in [-0.05, 0) is 18.9 Å². The van der Waals surface area contributed by atoms with Gasteiger partial charge in [0.2, 0.25) is 0 Å². The third kappa shape index (κ3) is 2.93. The summed E-state index contributed by atoms with van der Waals surface area (Å²) in [4.78, 5) is 18.2. The van der Waals surface area contributed by atoms with Crippen molar-refractivity contribution in [3.63, 3.8) is 0 Å². The summed E-state index contributed by atoms with van der Waals surface area (Å²) in [6.07, 6.45) is 6.97. The van der Waals surface area contributed by atoms with Crippen molar-refractivity contribution in [1.82, 2.24) is 9.88 Å². The van der Waals surface area contributed by atoms with Gasteiger partial charge in [0.1, 0.15) is 0 Å². The van der Waals surface area contributed by atoms with Gasteiger partial charge in [0.15, 0.2) is 10.2 Å². The second kappa shape index (κ2) is 5.54. The molecule has 20 heavy (non-hydrogen) atoms. The zero-order valence-corrected chi connectivity index (χ0v) is 11.9. The molecule has 0 bridgehead atoms. The molecule has 2 heterocycles. The first-order chi connectivity index (χ1) is 9.76. The van der Waals surface area contributed by atoms with Gasteiger partial charge >= 0.3 is 6.03 Å². The van der Waals surface area contributed by atoms with E-state index in [-0.39, 0.29) is 6.03 Å². The Hall–Kier alpha value is -2.02. The molecule has 2 aromatic heterocycles. The molecule has 3 rings (SSSR count). The van der Waals surface area contributed by atoms with Crippen LogP contribution in [0.25, 0.3) is 0 Å². The highest BCUT2D eigenvalue weighted by molar-refractivity contribution is 7.17. The Kier molecular flexibility index (Phi) is 3.60. The van der Waals surface area contributed by atoms with Gasteiger partial charge in [-0.25, -0.2) is 9.78 Å². The van der Waals surface area contributed by atoms with Crippen molar-refractivity contribution in [2.24, 2.45) is 0 Å². The maximum atomic E-state index is 12.3. The zero-order valence-electron chi connectivity index (χ0n) is 11.0. The number of furan rings is 1. The van der Waals surface area contributed by atoms with Crippen LogP contribution >= 0.6 is 11.3 Å². The van der Waals surface area contributed by atoms with Gasteiger partial charge in [0, 0.05) is 11.6 Å². The van der Waals surface area contributed by atoms with Crippen LogP contribution in [0.3, 0.4) is 0 Å². The molecule has 0 saturated heterocycles. The Labute approximate surface area is 120 Å². The first kappa shape index (κ1) is 13.0. The standard InChI is InChI=1S/C13H15N3O3S/c1-18-11-6-14-12(20-11)15-13(17)16(10-2-3-10)7-9-4-5-19-8-9/h4-6,8,10H,2-3,7H2,1H3,(H,14,15,17). The Morgan fingerprint density at radius 1 is 1.65 bits per heavy atom. The third-order valence-electron chi connectivity index (χ3n) is 3.08. The largest absolute Gasteiger partial charge is 0.486 e. The van der Waals surface area contributed by atoms with E-state index in [0.717, 1.165) is 18.4 Å². The number of rotatable bonds is 5. The molecule has 0 aliphatic heterocycles. The maximum absolute atomic E-state index is 12.3. The molecule has 1 N–H and O–H groups in total. The average molecular weight is 293 g/mol. The molecule has 0 aromatic carbocycles. The molecule has 1 aliphatic carbocycles. The van der Waals surface area contributed by atoms with E-state index in [1.807, 2.05) is 11.0 Å². The van der Waals surface area contributed by atoms with Crippen LogP contribution < -0.4 is 10.1 Å². The van der Waals surface area contributed by atoms with Crippen molar-refractivity contribution in [2.75, 3.05) is 12.4 Å². The van der Waals surface area contributed by atoms with Crippen LogP contribution in [0.2, 0.25) is 0 Å². The average Bonchev–Trinajstić information content (AvgIpc) is 2.98. The molecule has 7 heteroatoms. The van der Waals surface area contributed by atoms with Crippen LogP contribution in [0.15, 0.2) is 29.2 Å². The lowest BCUT2D eigenvalue weighted by atomic mass is 10.3. The second-order valence-corrected chi connectivity index (χ2v) is 5.60. The number of anilines is 1. The number of nitrogens with one attached hydrogen (secondary N) is 1. The van der Waals surface area contributed by atoms with Crippen LogP contribution in [-0.4, -0.2) is 29.1 Å². The molecule has 0 atom stereocenters. The van der Waals surface area contributed by atoms with E-state index >= 15 is 0 Å². The second-order valence-electron chi connectivity index (χ2n) is 4.61. The fraction of sp³-hybridized carbons (Fsp3) is 0.385. The van der Waals surface area contributed by atoms with E-state index in [9.17, 15) is 4.79 Å². The molecule has 2 amide bonds. The number of methoxy groups -OCH3 is 1. The number of thiazole rings is 1. The molecule has 1 saturated carbocycles. The molecular weight excluding hydrogens is 278 g/mol. The number of nitrogens with zero attached hydrogens (tertiary/aromatic N) is 2. The van der Waals surface area contributed by atoms with Crippen molar-refractivity contribution in [3.8, 4) is 5.06 Å². The normalized spacial score (nSPS) is 14.1. The predicted molar refractivity (Wildman–Crippen MR) is 75.0 cm³/mol. The lowest BCUT2D eigenvalue weighted by Crippen LogP contribution is -2.36. The van der Waals surface area contributed by atoms with Gasteiger partial charge in [0.25, 0.3) is 0 Å². The quantitative estimate of drug-likeness (QED) is 0.920. The zero-order chi connectivity index (χ0) is 13.9. The highest BCUT2D eigenvalue weighted by atomic mass is 32.1. The monoisotopic (exact) mass is 293 g/mol. The fourth-order valence-electron chi connectivity index (χ4n) is 1.91. The van der Waals surface area contributed by atoms with E-state index in [2.05, 4.69) is 10.3 Å². The summed E-state index contributed by atoms with van der Waals surface area (Å²) in [6.45, 7) is 0.551. The number of carbonyl (C=O) groups excluding carboxylic acids is 1. The molecule has 1 aliphatic rings. The summed E-state index contributed by atoms with van der Waals surface area (Å²) in [5.41, 5.74) is 0.990. The van der Waals surface area contributed by atoms with Crippen LogP contribution in [0.1, 0.15) is 18.4 Å². The SMILES string of the molecule is COc1cnc(NC(=O)N(Cc2ccoc2)C2CC2)s1. The topological polar surface area (TPSA) is 67.6 Å². The molecule has 2 aromatic rings. The van der Waals surface area contributed by atoms with Gasteiger partial charge in [-0.15, -0.1) is 0 Å². The van der Waals surface area contributed by atoms with Crippen molar-refractivity contribution >= 4 is 22.5 Å². The summed E-state index contributed by atoms with van der Waals surface area (Å²) in [5.74, 6) is 0. The smallest absolute Gasteiger partial charge is 0.324 e. The van der Waals surface area contributed by atoms with E-state index in [1.165, 1.54) is 11.3 Å². The lowest BCUT2D eigenvalue weighted by molar-refractivity contribution is 0.206. The molecule has 0 spiro atoms. The highest BCUT2D eigenvalue weighted by Gasteiger charge is 2.33. The predicted octanol–water partition coefficient (Wildman–Crippen LogP) is 2.94. The minimum Gasteiger partial charge on any atom is -0.486 e. The number of hydrogen-bond donors (Lipinski definition) is 1. The van der Waals surface area contributed by atoms with Gasteiger partial charge in [-0.3, -0.25) is 5.32 Å². The van der Waals surface area contributed by atoms with Crippen molar-refractivity contribution in [2.45, 2.75) is 25.4 Å². The van der Waals surface area contributed by atoms with Crippen molar-refractivity contribution in [3.05, 3.63) is 30.4 Å². The number of ether oxygens (including phenoxy) is 1. The van der Waals surface area contributed by atoms with Crippen LogP contribution in [0.5, 0.6) is 5.06 Å². The summed E-state index contributed by atoms with van der Waals surface area (Å²) >= 11 is 1.31. The van der Waals surface area contributed by atoms with Crippen LogP contribution in [0.4, 0.5) is 9.93 Å². The number of urea groups is 1. The molecule has 0 unspecified atom stereocenters. The minimum absolute atomic E-state index is 0.134. The number of hydrogen-bond acceptors (Lipinski definition) is 5. The van der Waals surface area contributed by atoms with Gasteiger partial charge in [0.05, 0.1) is 32.4 Å². The molecule has 106 valence electrons. The lowest BCUT2D eigenvalue weighted by Gasteiger charge is -2.21. The first-order valence-corrected chi connectivity index (χ1v) is 7.16. The molecule has 6 nitrogen and oxygen atoms in total. The Morgan fingerprint density at radius 3 is 3.10 bits per heavy atom. The highest BCUT2D eigenvalue weighted by Crippen LogP contribution is 2.30. The summed E-state index contributed by atoms with van der Waals surface area (Å²) in [5, 5.41) is 4.03. The van der Waals surface area contributed by atoms with Crippen LogP contribution in [0, 0.1) is 0 Å². The summed E-state index contributed by atoms with van der Waals surface area (Å²) < 4.78 is 10.1. The Bertz CT molecular complexity index is 577. The Morgan fingerprint density at radius 2 is 2.50 bits per heavy atom. The number of aromatic nitrogens is 1. The summed E-state index contributed by atoms with van der Waals surface area (Å²) in [6, 6.07) is 2.05. The van der Waals surface area contributed by atoms with E-state index in [1.54, 1.807) is 25.8 Å². The third-order valence-corrected chi connectivity index (χ3v) is 3.96. The maximum Gasteiger partial charge on any atom is 0.324 e. The number of amides is 2. The molecule has 0 radical (unpaired) electrons. The fourth-order valence-corrected chi connectivity index (χ4v) is 2.53. The van der Waals surface area contributed by atoms with Gasteiger partial charge in [-0.1, -0.05) is 11.3 Å². The van der Waals surface area contributed by atoms with E-state index < -0.39 is 0 Å². The van der Waals surface area contributed by atoms with Crippen molar-refractivity contribution < 1.29 is 13.9 Å². The van der Waals surface area contributed by atoms with E-state index in [4.69, 9.17) is 9.15 Å². The molecule has 1 fully saturated rings. The van der Waals surface area contributed by atoms with Gasteiger partial charge < -0.3 is 14.1 Å². The van der Waals surface area contributed by atoms with Gasteiger partial charge in [-0.2, -0.15) is 0 Å². The Balaban J connectivity index is 1.66. The first-order valence-electron chi connectivity index (χ1n) is 6.35. The van der Waals surface area contributed by atoms with Crippen molar-refractivity contribution in [1.29, 1.82) is 0 Å². The molecular formula is C13H15N3O3S. The number of carbonyl (C=O) groups is 1. The van der Waals surface area contributed by atoms with E-state index in [0.29, 0.717) is 22.8 Å². The summed E-state index contributed by atoms with van der Waals surface area (Å²) in [7, 11) is 1.58. The minimum atomic E-state index is -0.134.